The molecule has 0 radical (unpaired) electrons. The third kappa shape index (κ3) is 3.83. The van der Waals surface area contributed by atoms with E-state index in [1.807, 2.05) is 36.4 Å². The van der Waals surface area contributed by atoms with Crippen LogP contribution in [0.15, 0.2) is 46.9 Å². The van der Waals surface area contributed by atoms with Gasteiger partial charge >= 0.3 is 0 Å². The van der Waals surface area contributed by atoms with Gasteiger partial charge in [0.25, 0.3) is 0 Å². The lowest BCUT2D eigenvalue weighted by atomic mass is 10.2. The van der Waals surface area contributed by atoms with Crippen molar-refractivity contribution in [2.45, 2.75) is 3.79 Å². The Hall–Kier alpha value is -0.780. The zero-order valence-corrected chi connectivity index (χ0v) is 15.9. The predicted molar refractivity (Wildman–Crippen MR) is 101 cm³/mol. The second-order valence-electron chi connectivity index (χ2n) is 4.66. The highest BCUT2D eigenvalue weighted by atomic mass is 79.9. The quantitative estimate of drug-likeness (QED) is 0.445. The molecule has 8 heteroatoms. The van der Waals surface area contributed by atoms with E-state index in [1.165, 1.54) is 0 Å². The Morgan fingerprint density at radius 1 is 1.00 bits per heavy atom. The van der Waals surface area contributed by atoms with Gasteiger partial charge in [-0.25, -0.2) is 9.97 Å². The molecule has 3 nitrogen and oxygen atoms in total. The van der Waals surface area contributed by atoms with E-state index in [-0.39, 0.29) is 5.82 Å². The minimum absolute atomic E-state index is 0.0944. The number of rotatable bonds is 2. The van der Waals surface area contributed by atoms with Gasteiger partial charge in [0.2, 0.25) is 3.79 Å². The van der Waals surface area contributed by atoms with Crippen molar-refractivity contribution in [3.63, 3.8) is 0 Å². The number of anilines is 2. The summed E-state index contributed by atoms with van der Waals surface area (Å²) < 4.78 is -0.841. The first kappa shape index (κ1) is 17.1. The number of alkyl halides is 3. The van der Waals surface area contributed by atoms with Crippen LogP contribution in [0.3, 0.4) is 0 Å². The molecule has 0 unspecified atom stereocenters. The molecule has 0 amide bonds. The lowest BCUT2D eigenvalue weighted by Crippen LogP contribution is -2.09. The van der Waals surface area contributed by atoms with Crippen molar-refractivity contribution in [2.75, 3.05) is 5.32 Å². The van der Waals surface area contributed by atoms with Crippen molar-refractivity contribution in [3.8, 4) is 0 Å². The maximum atomic E-state index is 6.25. The lowest BCUT2D eigenvalue weighted by Gasteiger charge is -2.15. The molecule has 0 aliphatic carbocycles. The van der Waals surface area contributed by atoms with Gasteiger partial charge in [0, 0.05) is 9.86 Å². The van der Waals surface area contributed by atoms with Gasteiger partial charge in [-0.15, -0.1) is 0 Å². The number of para-hydroxylation sites is 1. The van der Waals surface area contributed by atoms with Gasteiger partial charge in [-0.3, -0.25) is 0 Å². The molecule has 1 heterocycles. The largest absolute Gasteiger partial charge is 0.338 e. The minimum atomic E-state index is -1.72. The average Bonchev–Trinajstić information content (AvgIpc) is 2.49. The lowest BCUT2D eigenvalue weighted by molar-refractivity contribution is 0.999. The fraction of sp³-hybridized carbons (Fsp3) is 0.0667. The number of nitrogens with one attached hydrogen (secondary N) is 1. The second kappa shape index (κ2) is 6.61. The fourth-order valence-electron chi connectivity index (χ4n) is 2.02. The molecule has 0 saturated carbocycles. The molecule has 1 aromatic heterocycles. The van der Waals surface area contributed by atoms with Gasteiger partial charge in [0.05, 0.1) is 16.2 Å². The highest BCUT2D eigenvalue weighted by molar-refractivity contribution is 9.10. The van der Waals surface area contributed by atoms with Gasteiger partial charge in [0.1, 0.15) is 5.82 Å². The van der Waals surface area contributed by atoms with E-state index in [1.54, 1.807) is 6.07 Å². The van der Waals surface area contributed by atoms with Crippen LogP contribution in [0.5, 0.6) is 0 Å². The Labute approximate surface area is 161 Å². The zero-order chi connectivity index (χ0) is 16.6. The number of hydrogen-bond donors (Lipinski definition) is 1. The van der Waals surface area contributed by atoms with E-state index in [9.17, 15) is 0 Å². The number of aromatic nitrogens is 2. The molecule has 1 N–H and O–H groups in total. The molecule has 0 aliphatic heterocycles. The van der Waals surface area contributed by atoms with Gasteiger partial charge < -0.3 is 5.32 Å². The van der Waals surface area contributed by atoms with Gasteiger partial charge in [-0.2, -0.15) is 0 Å². The summed E-state index contributed by atoms with van der Waals surface area (Å²) >= 11 is 27.4. The molecule has 23 heavy (non-hydrogen) atoms. The molecule has 0 saturated heterocycles. The molecule has 2 aromatic carbocycles. The Morgan fingerprint density at radius 2 is 1.74 bits per heavy atom. The van der Waals surface area contributed by atoms with Crippen molar-refractivity contribution in [3.05, 3.63) is 57.8 Å². The first-order chi connectivity index (χ1) is 10.8. The molecule has 0 aliphatic rings. The standard InChI is InChI=1S/C15H8BrCl4N3/c16-8-5-6-12(10(17)7-8)21-13-9-3-1-2-4-11(9)22-14(23-13)15(18,19)20/h1-7H,(H,21,22,23). The normalized spacial score (nSPS) is 11.7. The Kier molecular flexibility index (Phi) is 4.90. The number of halogens is 5. The number of hydrogen-bond acceptors (Lipinski definition) is 3. The summed E-state index contributed by atoms with van der Waals surface area (Å²) in [6, 6.07) is 12.9. The Balaban J connectivity index is 2.15. The van der Waals surface area contributed by atoms with Crippen molar-refractivity contribution >= 4 is 84.7 Å². The first-order valence-corrected chi connectivity index (χ1v) is 8.71. The summed E-state index contributed by atoms with van der Waals surface area (Å²) in [5, 5.41) is 4.51. The van der Waals surface area contributed by atoms with Crippen LogP contribution in [-0.4, -0.2) is 9.97 Å². The molecule has 0 spiro atoms. The maximum absolute atomic E-state index is 6.25. The van der Waals surface area contributed by atoms with Gasteiger partial charge in [0.15, 0.2) is 5.82 Å². The topological polar surface area (TPSA) is 37.8 Å². The van der Waals surface area contributed by atoms with Crippen molar-refractivity contribution in [1.29, 1.82) is 0 Å². The van der Waals surface area contributed by atoms with E-state index < -0.39 is 3.79 Å². The van der Waals surface area contributed by atoms with Crippen molar-refractivity contribution in [1.82, 2.24) is 9.97 Å². The van der Waals surface area contributed by atoms with E-state index in [0.29, 0.717) is 22.0 Å². The Morgan fingerprint density at radius 3 is 2.43 bits per heavy atom. The highest BCUT2D eigenvalue weighted by Crippen LogP contribution is 2.38. The van der Waals surface area contributed by atoms with Crippen LogP contribution < -0.4 is 5.32 Å². The molecular weight excluding hydrogens is 444 g/mol. The zero-order valence-electron chi connectivity index (χ0n) is 11.3. The van der Waals surface area contributed by atoms with E-state index in [4.69, 9.17) is 46.4 Å². The fourth-order valence-corrected chi connectivity index (χ4v) is 2.99. The van der Waals surface area contributed by atoms with Crippen LogP contribution in [0.2, 0.25) is 5.02 Å². The highest BCUT2D eigenvalue weighted by Gasteiger charge is 2.28. The molecule has 118 valence electrons. The van der Waals surface area contributed by atoms with Gasteiger partial charge in [-0.1, -0.05) is 74.5 Å². The molecule has 3 aromatic rings. The third-order valence-corrected chi connectivity index (χ3v) is 4.35. The molecule has 0 atom stereocenters. The maximum Gasteiger partial charge on any atom is 0.250 e. The van der Waals surface area contributed by atoms with Gasteiger partial charge in [-0.05, 0) is 30.3 Å². The number of fused-ring (bicyclic) bond motifs is 1. The molecule has 0 fully saturated rings. The second-order valence-corrected chi connectivity index (χ2v) is 8.26. The summed E-state index contributed by atoms with van der Waals surface area (Å²) in [5.74, 6) is 0.609. The van der Waals surface area contributed by atoms with Crippen LogP contribution in [-0.2, 0) is 3.79 Å². The monoisotopic (exact) mass is 449 g/mol. The number of nitrogens with zero attached hydrogens (tertiary/aromatic N) is 2. The summed E-state index contributed by atoms with van der Waals surface area (Å²) in [6.07, 6.45) is 0. The van der Waals surface area contributed by atoms with E-state index in [0.717, 1.165) is 9.86 Å². The number of benzene rings is 2. The molecule has 0 bridgehead atoms. The molecular formula is C15H8BrCl4N3. The van der Waals surface area contributed by atoms with Crippen LogP contribution in [0.25, 0.3) is 10.9 Å². The smallest absolute Gasteiger partial charge is 0.250 e. The average molecular weight is 452 g/mol. The van der Waals surface area contributed by atoms with E-state index >= 15 is 0 Å². The SMILES string of the molecule is Clc1cc(Br)ccc1Nc1nc(C(Cl)(Cl)Cl)nc2ccccc12. The Bertz CT molecular complexity index is 880. The van der Waals surface area contributed by atoms with Crippen molar-refractivity contribution in [2.24, 2.45) is 0 Å². The van der Waals surface area contributed by atoms with Crippen LogP contribution in [0.4, 0.5) is 11.5 Å². The summed E-state index contributed by atoms with van der Waals surface area (Å²) in [7, 11) is 0. The predicted octanol–water partition coefficient (Wildman–Crippen LogP) is 6.62. The van der Waals surface area contributed by atoms with Crippen LogP contribution in [0, 0.1) is 0 Å². The van der Waals surface area contributed by atoms with E-state index in [2.05, 4.69) is 31.2 Å². The van der Waals surface area contributed by atoms with Crippen molar-refractivity contribution < 1.29 is 0 Å². The first-order valence-electron chi connectivity index (χ1n) is 6.40. The summed E-state index contributed by atoms with van der Waals surface area (Å²) in [4.78, 5) is 8.64. The third-order valence-electron chi connectivity index (χ3n) is 3.04. The summed E-state index contributed by atoms with van der Waals surface area (Å²) in [6.45, 7) is 0. The van der Waals surface area contributed by atoms with Crippen LogP contribution >= 0.6 is 62.3 Å². The summed E-state index contributed by atoms with van der Waals surface area (Å²) in [5.41, 5.74) is 1.36. The van der Waals surface area contributed by atoms with Crippen LogP contribution in [0.1, 0.15) is 5.82 Å². The minimum Gasteiger partial charge on any atom is -0.338 e. The molecule has 3 rings (SSSR count).